The highest BCUT2D eigenvalue weighted by Crippen LogP contribution is 2.38. The molecule has 1 aliphatic rings. The Morgan fingerprint density at radius 3 is 2.85 bits per heavy atom. The van der Waals surface area contributed by atoms with E-state index in [1.807, 2.05) is 0 Å². The van der Waals surface area contributed by atoms with Gasteiger partial charge in [-0.2, -0.15) is 0 Å². The molecule has 0 unspecified atom stereocenters. The molecule has 1 atom stereocenters. The lowest BCUT2D eigenvalue weighted by Gasteiger charge is -2.19. The summed E-state index contributed by atoms with van der Waals surface area (Å²) in [5.41, 5.74) is 1.13. The second-order valence-corrected chi connectivity index (χ2v) is 6.20. The molecule has 2 aromatic rings. The highest BCUT2D eigenvalue weighted by Gasteiger charge is 2.17. The molecular formula is C19H16ClNO6. The molecule has 7 nitrogen and oxygen atoms in total. The van der Waals surface area contributed by atoms with E-state index in [1.54, 1.807) is 37.3 Å². The number of nitrogens with zero attached hydrogens (tertiary/aromatic N) is 1. The Hall–Kier alpha value is -3.06. The number of carbonyl (C=O) groups is 1. The number of non-ortho nitro benzene ring substituents is 1. The maximum absolute atomic E-state index is 12.1. The minimum atomic E-state index is -0.633. The summed E-state index contributed by atoms with van der Waals surface area (Å²) in [6.45, 7) is 2.51. The van der Waals surface area contributed by atoms with E-state index in [0.29, 0.717) is 40.9 Å². The fourth-order valence-electron chi connectivity index (χ4n) is 2.56. The molecule has 0 saturated heterocycles. The van der Waals surface area contributed by atoms with E-state index in [1.165, 1.54) is 18.2 Å². The van der Waals surface area contributed by atoms with Gasteiger partial charge in [-0.1, -0.05) is 23.7 Å². The lowest BCUT2D eigenvalue weighted by atomic mass is 10.1. The topological polar surface area (TPSA) is 87.9 Å². The Labute approximate surface area is 160 Å². The standard InChI is InChI=1S/C19H16ClNO6/c1-12(14-3-2-4-15(11-14)21(23)24)27-18(22)6-5-13-9-16(20)19-17(10-13)25-7-8-26-19/h2-6,9-12H,7-8H2,1H3/b6-5+/t12-/m1/s1. The maximum atomic E-state index is 12.1. The van der Waals surface area contributed by atoms with Gasteiger partial charge in [0.25, 0.3) is 5.69 Å². The minimum absolute atomic E-state index is 0.0585. The van der Waals surface area contributed by atoms with Crippen LogP contribution in [0.25, 0.3) is 6.08 Å². The monoisotopic (exact) mass is 389 g/mol. The minimum Gasteiger partial charge on any atom is -0.486 e. The number of nitro groups is 1. The highest BCUT2D eigenvalue weighted by molar-refractivity contribution is 6.32. The van der Waals surface area contributed by atoms with Crippen molar-refractivity contribution >= 4 is 29.3 Å². The van der Waals surface area contributed by atoms with Crippen molar-refractivity contribution in [3.05, 3.63) is 68.7 Å². The molecule has 0 radical (unpaired) electrons. The first-order valence-corrected chi connectivity index (χ1v) is 8.54. The summed E-state index contributed by atoms with van der Waals surface area (Å²) in [6.07, 6.45) is 2.17. The van der Waals surface area contributed by atoms with Crippen molar-refractivity contribution in [2.45, 2.75) is 13.0 Å². The molecule has 0 aliphatic carbocycles. The van der Waals surface area contributed by atoms with Crippen molar-refractivity contribution in [2.75, 3.05) is 13.2 Å². The van der Waals surface area contributed by atoms with Crippen LogP contribution in [0.5, 0.6) is 11.5 Å². The zero-order valence-electron chi connectivity index (χ0n) is 14.4. The summed E-state index contributed by atoms with van der Waals surface area (Å²) in [5, 5.41) is 11.2. The van der Waals surface area contributed by atoms with Crippen molar-refractivity contribution in [2.24, 2.45) is 0 Å². The molecular weight excluding hydrogens is 374 g/mol. The van der Waals surface area contributed by atoms with Crippen LogP contribution in [0.15, 0.2) is 42.5 Å². The molecule has 0 spiro atoms. The molecule has 0 aromatic heterocycles. The normalized spacial score (nSPS) is 14.0. The Kier molecular flexibility index (Phi) is 5.61. The largest absolute Gasteiger partial charge is 0.486 e. The third-order valence-electron chi connectivity index (χ3n) is 3.87. The summed E-state index contributed by atoms with van der Waals surface area (Å²) < 4.78 is 16.2. The summed E-state index contributed by atoms with van der Waals surface area (Å²) in [5.74, 6) is 0.425. The van der Waals surface area contributed by atoms with Crippen molar-refractivity contribution in [1.82, 2.24) is 0 Å². The fourth-order valence-corrected chi connectivity index (χ4v) is 2.84. The molecule has 3 rings (SSSR count). The maximum Gasteiger partial charge on any atom is 0.331 e. The first-order chi connectivity index (χ1) is 12.9. The zero-order valence-corrected chi connectivity index (χ0v) is 15.1. The third kappa shape index (κ3) is 4.57. The van der Waals surface area contributed by atoms with E-state index in [9.17, 15) is 14.9 Å². The lowest BCUT2D eigenvalue weighted by Crippen LogP contribution is -2.15. The summed E-state index contributed by atoms with van der Waals surface area (Å²) >= 11 is 6.16. The van der Waals surface area contributed by atoms with E-state index in [-0.39, 0.29) is 5.69 Å². The van der Waals surface area contributed by atoms with Gasteiger partial charge in [0.15, 0.2) is 11.5 Å². The Bertz CT molecular complexity index is 911. The molecule has 2 aromatic carbocycles. The number of benzene rings is 2. The fraction of sp³-hybridized carbons (Fsp3) is 0.211. The van der Waals surface area contributed by atoms with Gasteiger partial charge >= 0.3 is 5.97 Å². The number of hydrogen-bond donors (Lipinski definition) is 0. The Morgan fingerprint density at radius 1 is 1.30 bits per heavy atom. The number of halogens is 1. The summed E-state index contributed by atoms with van der Waals surface area (Å²) in [6, 6.07) is 9.34. The van der Waals surface area contributed by atoms with Crippen molar-refractivity contribution in [3.8, 4) is 11.5 Å². The molecule has 0 saturated carbocycles. The highest BCUT2D eigenvalue weighted by atomic mass is 35.5. The molecule has 0 amide bonds. The number of nitro benzene ring substituents is 1. The molecule has 0 fully saturated rings. The molecule has 27 heavy (non-hydrogen) atoms. The van der Waals surface area contributed by atoms with Crippen molar-refractivity contribution < 1.29 is 23.9 Å². The third-order valence-corrected chi connectivity index (χ3v) is 4.16. The first-order valence-electron chi connectivity index (χ1n) is 8.16. The van der Waals surface area contributed by atoms with Crippen molar-refractivity contribution in [3.63, 3.8) is 0 Å². The SMILES string of the molecule is C[C@@H](OC(=O)/C=C/c1cc(Cl)c2c(c1)OCCO2)c1cccc([N+](=O)[O-])c1. The second kappa shape index (κ2) is 8.09. The van der Waals surface area contributed by atoms with E-state index >= 15 is 0 Å². The molecule has 1 heterocycles. The Balaban J connectivity index is 1.68. The summed E-state index contributed by atoms with van der Waals surface area (Å²) in [7, 11) is 0. The zero-order chi connectivity index (χ0) is 19.4. The molecule has 1 aliphatic heterocycles. The van der Waals surface area contributed by atoms with E-state index in [0.717, 1.165) is 0 Å². The van der Waals surface area contributed by atoms with Crippen molar-refractivity contribution in [1.29, 1.82) is 0 Å². The van der Waals surface area contributed by atoms with Crippen LogP contribution in [-0.2, 0) is 9.53 Å². The van der Waals surface area contributed by atoms with E-state index in [2.05, 4.69) is 0 Å². The Morgan fingerprint density at radius 2 is 2.07 bits per heavy atom. The van der Waals surface area contributed by atoms with Crippen LogP contribution in [0.2, 0.25) is 5.02 Å². The number of fused-ring (bicyclic) bond motifs is 1. The van der Waals surface area contributed by atoms with Crippen LogP contribution in [0.4, 0.5) is 5.69 Å². The van der Waals surface area contributed by atoms with Gasteiger partial charge in [0.2, 0.25) is 0 Å². The predicted molar refractivity (Wildman–Crippen MR) is 99.1 cm³/mol. The smallest absolute Gasteiger partial charge is 0.331 e. The average molecular weight is 390 g/mol. The quantitative estimate of drug-likeness (QED) is 0.327. The van der Waals surface area contributed by atoms with Crippen LogP contribution in [0.3, 0.4) is 0 Å². The van der Waals surface area contributed by atoms with Crippen LogP contribution in [0, 0.1) is 10.1 Å². The van der Waals surface area contributed by atoms with Gasteiger partial charge in [0, 0.05) is 18.2 Å². The molecule has 0 N–H and O–H groups in total. The van der Waals surface area contributed by atoms with Gasteiger partial charge in [0.05, 0.1) is 9.95 Å². The van der Waals surface area contributed by atoms with E-state index < -0.39 is 17.0 Å². The van der Waals surface area contributed by atoms with Crippen LogP contribution < -0.4 is 9.47 Å². The number of esters is 1. The first kappa shape index (κ1) is 18.7. The molecule has 0 bridgehead atoms. The summed E-state index contributed by atoms with van der Waals surface area (Å²) in [4.78, 5) is 22.4. The average Bonchev–Trinajstić information content (AvgIpc) is 2.66. The number of carbonyl (C=O) groups excluding carboxylic acids is 1. The second-order valence-electron chi connectivity index (χ2n) is 5.79. The van der Waals surface area contributed by atoms with Gasteiger partial charge in [-0.3, -0.25) is 10.1 Å². The van der Waals surface area contributed by atoms with E-state index in [4.69, 9.17) is 25.8 Å². The van der Waals surface area contributed by atoms with Gasteiger partial charge in [-0.05, 0) is 36.3 Å². The van der Waals surface area contributed by atoms with Crippen LogP contribution in [0.1, 0.15) is 24.2 Å². The van der Waals surface area contributed by atoms with Crippen LogP contribution >= 0.6 is 11.6 Å². The van der Waals surface area contributed by atoms with Crippen LogP contribution in [-0.4, -0.2) is 24.1 Å². The molecule has 8 heteroatoms. The molecule has 140 valence electrons. The number of rotatable bonds is 5. The van der Waals surface area contributed by atoms with Gasteiger partial charge in [-0.15, -0.1) is 0 Å². The van der Waals surface area contributed by atoms with Gasteiger partial charge in [0.1, 0.15) is 19.3 Å². The number of ether oxygens (including phenoxy) is 3. The van der Waals surface area contributed by atoms with Gasteiger partial charge in [-0.25, -0.2) is 4.79 Å². The van der Waals surface area contributed by atoms with Gasteiger partial charge < -0.3 is 14.2 Å². The predicted octanol–water partition coefficient (Wildman–Crippen LogP) is 4.34. The number of hydrogen-bond acceptors (Lipinski definition) is 6. The lowest BCUT2D eigenvalue weighted by molar-refractivity contribution is -0.385.